The Morgan fingerprint density at radius 3 is 2.67 bits per heavy atom. The lowest BCUT2D eigenvalue weighted by Gasteiger charge is -2.28. The zero-order chi connectivity index (χ0) is 14.6. The number of hydrogen-bond donors (Lipinski definition) is 2. The highest BCUT2D eigenvalue weighted by atomic mass is 35.5. The average molecular weight is 315 g/mol. The van der Waals surface area contributed by atoms with E-state index in [1.807, 2.05) is 19.9 Å². The molecule has 0 atom stereocenters. The van der Waals surface area contributed by atoms with Gasteiger partial charge in [-0.1, -0.05) is 26.0 Å². The van der Waals surface area contributed by atoms with Crippen molar-refractivity contribution in [1.82, 2.24) is 10.6 Å². The minimum Gasteiger partial charge on any atom is -0.355 e. The normalized spacial score (nSPS) is 16.1. The SMILES string of the molecule is CC(C)(CNC(=O)C1CCNCC1)c1cccc(F)c1.Cl. The summed E-state index contributed by atoms with van der Waals surface area (Å²) in [5.74, 6) is -0.00389. The van der Waals surface area contributed by atoms with Gasteiger partial charge in [-0.15, -0.1) is 12.4 Å². The fraction of sp³-hybridized carbons (Fsp3) is 0.562. The van der Waals surface area contributed by atoms with Crippen LogP contribution in [-0.2, 0) is 10.2 Å². The average Bonchev–Trinajstić information content (AvgIpc) is 2.46. The smallest absolute Gasteiger partial charge is 0.223 e. The molecule has 1 amide bonds. The molecule has 2 rings (SSSR count). The summed E-state index contributed by atoms with van der Waals surface area (Å²) in [6, 6.07) is 6.59. The first-order valence-electron chi connectivity index (χ1n) is 7.23. The summed E-state index contributed by atoms with van der Waals surface area (Å²) in [6.07, 6.45) is 1.79. The van der Waals surface area contributed by atoms with Crippen molar-refractivity contribution in [2.45, 2.75) is 32.1 Å². The van der Waals surface area contributed by atoms with Crippen LogP contribution in [0.4, 0.5) is 4.39 Å². The number of benzene rings is 1. The molecule has 3 nitrogen and oxygen atoms in total. The van der Waals surface area contributed by atoms with Crippen molar-refractivity contribution in [3.05, 3.63) is 35.6 Å². The second-order valence-corrected chi connectivity index (χ2v) is 6.14. The van der Waals surface area contributed by atoms with Gasteiger partial charge in [0.05, 0.1) is 0 Å². The molecule has 1 heterocycles. The molecule has 0 aromatic heterocycles. The lowest BCUT2D eigenvalue weighted by Crippen LogP contribution is -2.42. The van der Waals surface area contributed by atoms with E-state index in [-0.39, 0.29) is 35.5 Å². The van der Waals surface area contributed by atoms with Gasteiger partial charge < -0.3 is 10.6 Å². The molecule has 2 N–H and O–H groups in total. The van der Waals surface area contributed by atoms with Crippen LogP contribution in [0.15, 0.2) is 24.3 Å². The van der Waals surface area contributed by atoms with E-state index in [0.717, 1.165) is 31.5 Å². The zero-order valence-corrected chi connectivity index (χ0v) is 13.4. The third-order valence-electron chi connectivity index (χ3n) is 4.02. The first-order chi connectivity index (χ1) is 9.49. The van der Waals surface area contributed by atoms with Gasteiger partial charge in [0.25, 0.3) is 0 Å². The standard InChI is InChI=1S/C16H23FN2O.ClH/c1-16(2,13-4-3-5-14(17)10-13)11-19-15(20)12-6-8-18-9-7-12;/h3-5,10,12,18H,6-9,11H2,1-2H3,(H,19,20);1H. The summed E-state index contributed by atoms with van der Waals surface area (Å²) in [6.45, 7) is 6.38. The van der Waals surface area contributed by atoms with Crippen LogP contribution in [0.5, 0.6) is 0 Å². The molecule has 21 heavy (non-hydrogen) atoms. The first kappa shape index (κ1) is 17.9. The molecule has 118 valence electrons. The Balaban J connectivity index is 0.00000220. The van der Waals surface area contributed by atoms with Crippen LogP contribution in [0.25, 0.3) is 0 Å². The van der Waals surface area contributed by atoms with Crippen LogP contribution in [0, 0.1) is 11.7 Å². The quantitative estimate of drug-likeness (QED) is 0.897. The minimum atomic E-state index is -0.273. The third-order valence-corrected chi connectivity index (χ3v) is 4.02. The van der Waals surface area contributed by atoms with Gasteiger partial charge in [0.15, 0.2) is 0 Å². The monoisotopic (exact) mass is 314 g/mol. The van der Waals surface area contributed by atoms with E-state index in [1.165, 1.54) is 12.1 Å². The van der Waals surface area contributed by atoms with Crippen molar-refractivity contribution in [3.63, 3.8) is 0 Å². The highest BCUT2D eigenvalue weighted by molar-refractivity contribution is 5.85. The summed E-state index contributed by atoms with van der Waals surface area (Å²) in [4.78, 5) is 12.1. The van der Waals surface area contributed by atoms with Gasteiger partial charge in [0.1, 0.15) is 5.82 Å². The predicted octanol–water partition coefficient (Wildman–Crippen LogP) is 2.64. The fourth-order valence-corrected chi connectivity index (χ4v) is 2.55. The Bertz CT molecular complexity index is 473. The maximum absolute atomic E-state index is 13.3. The Hall–Kier alpha value is -1.13. The van der Waals surface area contributed by atoms with Crippen molar-refractivity contribution in [2.75, 3.05) is 19.6 Å². The van der Waals surface area contributed by atoms with E-state index in [4.69, 9.17) is 0 Å². The molecular weight excluding hydrogens is 291 g/mol. The summed E-state index contributed by atoms with van der Waals surface area (Å²) in [5.41, 5.74) is 0.633. The van der Waals surface area contributed by atoms with Crippen molar-refractivity contribution < 1.29 is 9.18 Å². The van der Waals surface area contributed by atoms with Crippen LogP contribution >= 0.6 is 12.4 Å². The zero-order valence-electron chi connectivity index (χ0n) is 12.6. The largest absolute Gasteiger partial charge is 0.355 e. The van der Waals surface area contributed by atoms with Gasteiger partial charge in [-0.25, -0.2) is 4.39 Å². The molecule has 0 saturated carbocycles. The summed E-state index contributed by atoms with van der Waals surface area (Å²) in [5, 5.41) is 6.27. The van der Waals surface area contributed by atoms with Crippen molar-refractivity contribution in [3.8, 4) is 0 Å². The van der Waals surface area contributed by atoms with Crippen molar-refractivity contribution >= 4 is 18.3 Å². The van der Waals surface area contributed by atoms with E-state index in [2.05, 4.69) is 10.6 Å². The van der Waals surface area contributed by atoms with Crippen LogP contribution in [0.2, 0.25) is 0 Å². The minimum absolute atomic E-state index is 0. The highest BCUT2D eigenvalue weighted by Crippen LogP contribution is 2.23. The molecule has 5 heteroatoms. The Labute approximate surface area is 132 Å². The summed E-state index contributed by atoms with van der Waals surface area (Å²) < 4.78 is 13.3. The van der Waals surface area contributed by atoms with Gasteiger partial charge in [0, 0.05) is 17.9 Å². The van der Waals surface area contributed by atoms with Gasteiger partial charge in [-0.3, -0.25) is 4.79 Å². The number of carbonyl (C=O) groups excluding carboxylic acids is 1. The molecule has 0 aliphatic carbocycles. The molecule has 1 aliphatic heterocycles. The molecular formula is C16H24ClFN2O. The Kier molecular flexibility index (Phi) is 6.62. The summed E-state index contributed by atoms with van der Waals surface area (Å²) >= 11 is 0. The fourth-order valence-electron chi connectivity index (χ4n) is 2.55. The molecule has 1 aromatic rings. The van der Waals surface area contributed by atoms with E-state index >= 15 is 0 Å². The van der Waals surface area contributed by atoms with E-state index in [1.54, 1.807) is 6.07 Å². The third kappa shape index (κ3) is 4.97. The lowest BCUT2D eigenvalue weighted by atomic mass is 9.84. The van der Waals surface area contributed by atoms with Crippen molar-refractivity contribution in [2.24, 2.45) is 5.92 Å². The lowest BCUT2D eigenvalue weighted by molar-refractivity contribution is -0.125. The van der Waals surface area contributed by atoms with E-state index < -0.39 is 0 Å². The maximum atomic E-state index is 13.3. The van der Waals surface area contributed by atoms with Crippen LogP contribution < -0.4 is 10.6 Å². The first-order valence-corrected chi connectivity index (χ1v) is 7.23. The number of piperidine rings is 1. The number of carbonyl (C=O) groups is 1. The van der Waals surface area contributed by atoms with Crippen LogP contribution in [0.1, 0.15) is 32.3 Å². The second-order valence-electron chi connectivity index (χ2n) is 6.14. The van der Waals surface area contributed by atoms with Gasteiger partial charge in [-0.05, 0) is 43.6 Å². The topological polar surface area (TPSA) is 41.1 Å². The Morgan fingerprint density at radius 2 is 2.05 bits per heavy atom. The predicted molar refractivity (Wildman–Crippen MR) is 85.3 cm³/mol. The molecule has 0 bridgehead atoms. The Morgan fingerprint density at radius 1 is 1.38 bits per heavy atom. The van der Waals surface area contributed by atoms with Crippen molar-refractivity contribution in [1.29, 1.82) is 0 Å². The number of rotatable bonds is 4. The molecule has 1 saturated heterocycles. The molecule has 1 fully saturated rings. The second kappa shape index (κ2) is 7.76. The van der Waals surface area contributed by atoms with Gasteiger partial charge in [0.2, 0.25) is 5.91 Å². The van der Waals surface area contributed by atoms with Gasteiger partial charge >= 0.3 is 0 Å². The highest BCUT2D eigenvalue weighted by Gasteiger charge is 2.25. The number of halogens is 2. The maximum Gasteiger partial charge on any atom is 0.223 e. The van der Waals surface area contributed by atoms with Crippen LogP contribution in [-0.4, -0.2) is 25.5 Å². The van der Waals surface area contributed by atoms with E-state index in [0.29, 0.717) is 6.54 Å². The molecule has 1 aliphatic rings. The molecule has 0 radical (unpaired) electrons. The molecule has 0 spiro atoms. The van der Waals surface area contributed by atoms with Crippen LogP contribution in [0.3, 0.4) is 0 Å². The van der Waals surface area contributed by atoms with E-state index in [9.17, 15) is 9.18 Å². The number of hydrogen-bond acceptors (Lipinski definition) is 2. The summed E-state index contributed by atoms with van der Waals surface area (Å²) in [7, 11) is 0. The number of nitrogens with one attached hydrogen (secondary N) is 2. The number of amides is 1. The molecule has 1 aromatic carbocycles. The van der Waals surface area contributed by atoms with Gasteiger partial charge in [-0.2, -0.15) is 0 Å². The molecule has 0 unspecified atom stereocenters.